The van der Waals surface area contributed by atoms with Crippen LogP contribution in [-0.2, 0) is 17.6 Å². The van der Waals surface area contributed by atoms with Crippen molar-refractivity contribution in [2.75, 3.05) is 31.1 Å². The van der Waals surface area contributed by atoms with Crippen molar-refractivity contribution in [3.63, 3.8) is 0 Å². The van der Waals surface area contributed by atoms with E-state index in [1.165, 1.54) is 11.1 Å². The maximum Gasteiger partial charge on any atom is 0.227 e. The van der Waals surface area contributed by atoms with Crippen molar-refractivity contribution in [1.29, 1.82) is 0 Å². The lowest BCUT2D eigenvalue weighted by atomic mass is 9.89. The maximum atomic E-state index is 13.0. The zero-order valence-electron chi connectivity index (χ0n) is 18.6. The molecule has 0 aromatic heterocycles. The fraction of sp³-hybridized carbons (Fsp3) is 0.481. The minimum Gasteiger partial charge on any atom is -0.387 e. The Morgan fingerprint density at radius 3 is 2.47 bits per heavy atom. The van der Waals surface area contributed by atoms with Gasteiger partial charge >= 0.3 is 0 Å². The second-order valence-electron chi connectivity index (χ2n) is 9.57. The number of amides is 1. The number of aliphatic hydroxyl groups is 1. The quantitative estimate of drug-likeness (QED) is 0.674. The average Bonchev–Trinajstić information content (AvgIpc) is 3.27. The third-order valence-corrected chi connectivity index (χ3v) is 7.48. The first kappa shape index (κ1) is 21.4. The Morgan fingerprint density at radius 2 is 1.72 bits per heavy atom. The van der Waals surface area contributed by atoms with E-state index < -0.39 is 6.10 Å². The number of Topliss-reactive ketones (excluding diaryl/α,β-unsaturated/α-hetero) is 1. The molecule has 5 heteroatoms. The molecule has 0 radical (unpaired) electrons. The number of nitrogens with zero attached hydrogens (tertiary/aromatic N) is 2. The largest absolute Gasteiger partial charge is 0.387 e. The topological polar surface area (TPSA) is 60.9 Å². The number of hydrogen-bond donors (Lipinski definition) is 1. The standard InChI is InChI=1S/C27H32N2O3/c30-24(23-16-21-7-9-26(32)29-15-12-22(17-23)27(21)29)8-6-19-10-13-28(14-11-19)18-25(31)20-4-2-1-3-5-20/h1-5,16-17,19,25,31H,6-15,18H2. The maximum absolute atomic E-state index is 13.0. The third-order valence-electron chi connectivity index (χ3n) is 7.48. The van der Waals surface area contributed by atoms with Gasteiger partial charge in [-0.3, -0.25) is 9.59 Å². The number of β-amino-alcohol motifs (C(OH)–C–C–N with tert-alkyl or cyclic N) is 1. The van der Waals surface area contributed by atoms with E-state index >= 15 is 0 Å². The fourth-order valence-electron chi connectivity index (χ4n) is 5.58. The molecule has 1 unspecified atom stereocenters. The summed E-state index contributed by atoms with van der Waals surface area (Å²) >= 11 is 0. The van der Waals surface area contributed by atoms with Crippen molar-refractivity contribution in [3.8, 4) is 0 Å². The number of anilines is 1. The molecule has 0 bridgehead atoms. The highest BCUT2D eigenvalue weighted by molar-refractivity contribution is 6.02. The summed E-state index contributed by atoms with van der Waals surface area (Å²) < 4.78 is 0. The van der Waals surface area contributed by atoms with Crippen LogP contribution >= 0.6 is 0 Å². The number of benzene rings is 2. The van der Waals surface area contributed by atoms with Crippen molar-refractivity contribution in [2.45, 2.75) is 51.0 Å². The Kier molecular flexibility index (Phi) is 6.11. The molecule has 2 aromatic rings. The molecule has 0 aliphatic carbocycles. The number of carbonyl (C=O) groups excluding carboxylic acids is 2. The Bertz CT molecular complexity index is 995. The summed E-state index contributed by atoms with van der Waals surface area (Å²) in [5, 5.41) is 10.5. The van der Waals surface area contributed by atoms with Crippen LogP contribution in [-0.4, -0.2) is 47.9 Å². The number of carbonyl (C=O) groups is 2. The zero-order valence-corrected chi connectivity index (χ0v) is 18.6. The second kappa shape index (κ2) is 9.16. The van der Waals surface area contributed by atoms with Crippen LogP contribution < -0.4 is 4.90 Å². The first-order valence-corrected chi connectivity index (χ1v) is 12.0. The average molecular weight is 433 g/mol. The van der Waals surface area contributed by atoms with E-state index in [0.29, 0.717) is 25.3 Å². The summed E-state index contributed by atoms with van der Waals surface area (Å²) in [6.07, 6.45) is 5.43. The van der Waals surface area contributed by atoms with Crippen LogP contribution in [0.25, 0.3) is 0 Å². The Labute approximate surface area is 190 Å². The molecule has 2 aromatic carbocycles. The van der Waals surface area contributed by atoms with Gasteiger partial charge in [-0.1, -0.05) is 30.3 Å². The SMILES string of the molecule is O=C(CCC1CCN(CC(O)c2ccccc2)CC1)c1cc2c3c(c1)CCN3C(=O)CC2. The monoisotopic (exact) mass is 432 g/mol. The van der Waals surface area contributed by atoms with E-state index in [9.17, 15) is 14.7 Å². The molecule has 1 atom stereocenters. The minimum atomic E-state index is -0.443. The van der Waals surface area contributed by atoms with E-state index in [4.69, 9.17) is 0 Å². The molecule has 5 nitrogen and oxygen atoms in total. The normalized spacial score (nSPS) is 19.8. The highest BCUT2D eigenvalue weighted by atomic mass is 16.3. The predicted molar refractivity (Wildman–Crippen MR) is 125 cm³/mol. The van der Waals surface area contributed by atoms with Crippen LogP contribution in [0.15, 0.2) is 42.5 Å². The van der Waals surface area contributed by atoms with Gasteiger partial charge in [-0.2, -0.15) is 0 Å². The van der Waals surface area contributed by atoms with Gasteiger partial charge in [-0.05, 0) is 79.9 Å². The molecule has 3 heterocycles. The number of piperidine rings is 1. The highest BCUT2D eigenvalue weighted by Gasteiger charge is 2.32. The van der Waals surface area contributed by atoms with Crippen LogP contribution in [0.1, 0.15) is 65.3 Å². The molecule has 0 spiro atoms. The van der Waals surface area contributed by atoms with Gasteiger partial charge < -0.3 is 14.9 Å². The Morgan fingerprint density at radius 1 is 1.00 bits per heavy atom. The van der Waals surface area contributed by atoms with Crippen LogP contribution in [0.5, 0.6) is 0 Å². The van der Waals surface area contributed by atoms with E-state index in [-0.39, 0.29) is 11.7 Å². The molecule has 32 heavy (non-hydrogen) atoms. The lowest BCUT2D eigenvalue weighted by molar-refractivity contribution is -0.118. The van der Waals surface area contributed by atoms with Crippen molar-refractivity contribution in [2.24, 2.45) is 5.92 Å². The molecule has 1 fully saturated rings. The Hall–Kier alpha value is -2.50. The summed E-state index contributed by atoms with van der Waals surface area (Å²) in [5.41, 5.74) is 5.24. The smallest absolute Gasteiger partial charge is 0.227 e. The molecule has 3 aliphatic heterocycles. The molecule has 168 valence electrons. The third kappa shape index (κ3) is 4.37. The first-order chi connectivity index (χ1) is 15.6. The van der Waals surface area contributed by atoms with Gasteiger partial charge in [0.1, 0.15) is 0 Å². The number of likely N-dealkylation sites (tertiary alicyclic amines) is 1. The van der Waals surface area contributed by atoms with Gasteiger partial charge in [0.05, 0.1) is 11.8 Å². The molecule has 1 N–H and O–H groups in total. The lowest BCUT2D eigenvalue weighted by Crippen LogP contribution is -2.36. The summed E-state index contributed by atoms with van der Waals surface area (Å²) in [7, 11) is 0. The number of hydrogen-bond acceptors (Lipinski definition) is 4. The molecule has 0 saturated carbocycles. The predicted octanol–water partition coefficient (Wildman–Crippen LogP) is 3.93. The molecular weight excluding hydrogens is 400 g/mol. The summed E-state index contributed by atoms with van der Waals surface area (Å²) in [5.74, 6) is 1.03. The van der Waals surface area contributed by atoms with Crippen LogP contribution in [0.2, 0.25) is 0 Å². The second-order valence-corrected chi connectivity index (χ2v) is 9.57. The van der Waals surface area contributed by atoms with Crippen molar-refractivity contribution >= 4 is 17.4 Å². The lowest BCUT2D eigenvalue weighted by Gasteiger charge is -2.33. The first-order valence-electron chi connectivity index (χ1n) is 12.0. The van der Waals surface area contributed by atoms with E-state index in [1.807, 2.05) is 47.4 Å². The van der Waals surface area contributed by atoms with E-state index in [2.05, 4.69) is 4.90 Å². The van der Waals surface area contributed by atoms with Gasteiger partial charge in [0.25, 0.3) is 0 Å². The Balaban J connectivity index is 1.12. The van der Waals surface area contributed by atoms with Gasteiger partial charge in [-0.25, -0.2) is 0 Å². The van der Waals surface area contributed by atoms with Gasteiger partial charge in [0.15, 0.2) is 5.78 Å². The molecule has 1 saturated heterocycles. The number of aliphatic hydroxyl groups excluding tert-OH is 1. The zero-order chi connectivity index (χ0) is 22.1. The van der Waals surface area contributed by atoms with Gasteiger partial charge in [-0.15, -0.1) is 0 Å². The summed E-state index contributed by atoms with van der Waals surface area (Å²) in [6.45, 7) is 3.40. The van der Waals surface area contributed by atoms with E-state index in [1.54, 1.807) is 0 Å². The number of ketones is 1. The van der Waals surface area contributed by atoms with E-state index in [0.717, 1.165) is 68.6 Å². The van der Waals surface area contributed by atoms with Crippen LogP contribution in [0, 0.1) is 5.92 Å². The molecule has 5 rings (SSSR count). The van der Waals surface area contributed by atoms with Crippen molar-refractivity contribution < 1.29 is 14.7 Å². The van der Waals surface area contributed by atoms with Crippen molar-refractivity contribution in [1.82, 2.24) is 4.90 Å². The van der Waals surface area contributed by atoms with Crippen LogP contribution in [0.3, 0.4) is 0 Å². The minimum absolute atomic E-state index is 0.220. The summed E-state index contributed by atoms with van der Waals surface area (Å²) in [6, 6.07) is 13.9. The fourth-order valence-corrected chi connectivity index (χ4v) is 5.58. The van der Waals surface area contributed by atoms with Crippen LogP contribution in [0.4, 0.5) is 5.69 Å². The number of rotatable bonds is 7. The summed E-state index contributed by atoms with van der Waals surface area (Å²) in [4.78, 5) is 29.3. The molecule has 1 amide bonds. The van der Waals surface area contributed by atoms with Crippen molar-refractivity contribution in [3.05, 3.63) is 64.7 Å². The number of aryl methyl sites for hydroxylation is 1. The molecule has 3 aliphatic rings. The molecular formula is C27H32N2O3. The van der Waals surface area contributed by atoms with Gasteiger partial charge in [0, 0.05) is 31.5 Å². The van der Waals surface area contributed by atoms with Gasteiger partial charge in [0.2, 0.25) is 5.91 Å². The highest BCUT2D eigenvalue weighted by Crippen LogP contribution is 2.38.